The predicted octanol–water partition coefficient (Wildman–Crippen LogP) is 2.49. The van der Waals surface area contributed by atoms with Gasteiger partial charge in [-0.25, -0.2) is 4.39 Å². The summed E-state index contributed by atoms with van der Waals surface area (Å²) in [4.78, 5) is 2.20. The smallest absolute Gasteiger partial charge is 0.131 e. The zero-order valence-corrected chi connectivity index (χ0v) is 13.8. The lowest BCUT2D eigenvalue weighted by molar-refractivity contribution is 0.147. The highest BCUT2D eigenvalue weighted by Gasteiger charge is 2.33. The van der Waals surface area contributed by atoms with Crippen LogP contribution in [0.25, 0.3) is 0 Å². The number of aliphatic hydroxyl groups excluding tert-OH is 1. The molecule has 1 fully saturated rings. The van der Waals surface area contributed by atoms with Gasteiger partial charge in [0.1, 0.15) is 17.7 Å². The van der Waals surface area contributed by atoms with Crippen molar-refractivity contribution in [2.75, 3.05) is 13.7 Å². The van der Waals surface area contributed by atoms with Gasteiger partial charge in [0.25, 0.3) is 0 Å². The number of methoxy groups -OCH3 is 1. The molecule has 4 rings (SSSR count). The highest BCUT2D eigenvalue weighted by molar-refractivity contribution is 5.29. The van der Waals surface area contributed by atoms with E-state index in [9.17, 15) is 9.50 Å². The molecule has 1 aliphatic carbocycles. The van der Waals surface area contributed by atoms with Crippen LogP contribution in [-0.4, -0.2) is 33.4 Å². The van der Waals surface area contributed by atoms with E-state index in [1.807, 2.05) is 10.7 Å². The molecule has 1 atom stereocenters. The zero-order valence-electron chi connectivity index (χ0n) is 13.8. The summed E-state index contributed by atoms with van der Waals surface area (Å²) in [6.45, 7) is 2.86. The van der Waals surface area contributed by atoms with Gasteiger partial charge in [-0.2, -0.15) is 5.10 Å². The van der Waals surface area contributed by atoms with Gasteiger partial charge in [-0.3, -0.25) is 9.58 Å². The van der Waals surface area contributed by atoms with Crippen molar-refractivity contribution in [1.29, 1.82) is 0 Å². The van der Waals surface area contributed by atoms with Crippen LogP contribution in [0.4, 0.5) is 4.39 Å². The Bertz CT molecular complexity index is 742. The van der Waals surface area contributed by atoms with Crippen molar-refractivity contribution >= 4 is 0 Å². The third kappa shape index (κ3) is 3.03. The Morgan fingerprint density at radius 3 is 2.88 bits per heavy atom. The van der Waals surface area contributed by atoms with Gasteiger partial charge in [-0.1, -0.05) is 6.07 Å². The number of aliphatic hydroxyl groups is 1. The van der Waals surface area contributed by atoms with Gasteiger partial charge >= 0.3 is 0 Å². The second-order valence-corrected chi connectivity index (χ2v) is 6.73. The van der Waals surface area contributed by atoms with Crippen molar-refractivity contribution in [3.05, 3.63) is 47.0 Å². The molecular weight excluding hydrogens is 309 g/mol. The molecule has 1 aromatic carbocycles. The molecule has 0 radical (unpaired) electrons. The molecule has 24 heavy (non-hydrogen) atoms. The lowest BCUT2D eigenvalue weighted by Gasteiger charge is -2.27. The Balaban J connectivity index is 1.46. The molecule has 0 spiro atoms. The first kappa shape index (κ1) is 15.6. The van der Waals surface area contributed by atoms with Crippen LogP contribution < -0.4 is 4.74 Å². The average Bonchev–Trinajstić information content (AvgIpc) is 3.35. The van der Waals surface area contributed by atoms with E-state index >= 15 is 0 Å². The largest absolute Gasteiger partial charge is 0.497 e. The lowest BCUT2D eigenvalue weighted by atomic mass is 10.1. The fourth-order valence-corrected chi connectivity index (χ4v) is 3.30. The molecule has 2 aliphatic rings. The molecular formula is C18H22FN3O2. The Hall–Kier alpha value is -1.92. The maximum absolute atomic E-state index is 14.1. The number of hydrogen-bond donors (Lipinski definition) is 1. The minimum absolute atomic E-state index is 0.238. The van der Waals surface area contributed by atoms with Gasteiger partial charge in [0.05, 0.1) is 25.0 Å². The van der Waals surface area contributed by atoms with Crippen LogP contribution in [0, 0.1) is 11.7 Å². The van der Waals surface area contributed by atoms with E-state index in [0.717, 1.165) is 43.9 Å². The van der Waals surface area contributed by atoms with Gasteiger partial charge in [0.15, 0.2) is 0 Å². The van der Waals surface area contributed by atoms with E-state index < -0.39 is 6.10 Å². The van der Waals surface area contributed by atoms with E-state index in [1.165, 1.54) is 13.2 Å². The van der Waals surface area contributed by atoms with Crippen molar-refractivity contribution in [3.8, 4) is 5.75 Å². The number of nitrogens with zero attached hydrogens (tertiary/aromatic N) is 3. The molecule has 0 bridgehead atoms. The van der Waals surface area contributed by atoms with Crippen LogP contribution in [0.1, 0.15) is 35.9 Å². The quantitative estimate of drug-likeness (QED) is 0.914. The molecule has 0 saturated heterocycles. The molecule has 2 aromatic rings. The number of halogens is 1. The molecule has 1 saturated carbocycles. The number of rotatable bonds is 5. The normalized spacial score (nSPS) is 19.1. The summed E-state index contributed by atoms with van der Waals surface area (Å²) in [5.74, 6) is 0.677. The molecule has 2 heterocycles. The van der Waals surface area contributed by atoms with Gasteiger partial charge in [0.2, 0.25) is 0 Å². The van der Waals surface area contributed by atoms with Crippen molar-refractivity contribution in [2.24, 2.45) is 5.92 Å². The van der Waals surface area contributed by atoms with Gasteiger partial charge in [0, 0.05) is 31.3 Å². The third-order valence-electron chi connectivity index (χ3n) is 4.92. The van der Waals surface area contributed by atoms with Crippen LogP contribution in [0.5, 0.6) is 5.75 Å². The highest BCUT2D eigenvalue weighted by atomic mass is 19.1. The highest BCUT2D eigenvalue weighted by Crippen LogP contribution is 2.40. The fourth-order valence-electron chi connectivity index (χ4n) is 3.30. The molecule has 1 aliphatic heterocycles. The Labute approximate surface area is 140 Å². The zero-order chi connectivity index (χ0) is 16.7. The lowest BCUT2D eigenvalue weighted by Crippen LogP contribution is -2.33. The van der Waals surface area contributed by atoms with Gasteiger partial charge in [-0.15, -0.1) is 0 Å². The van der Waals surface area contributed by atoms with E-state index in [-0.39, 0.29) is 5.82 Å². The van der Waals surface area contributed by atoms with E-state index in [2.05, 4.69) is 10.00 Å². The Kier molecular flexibility index (Phi) is 4.02. The standard InChI is InChI=1S/C18H22FN3O2/c1-24-15-5-4-13(16(19)9-15)10-21-6-7-22-14(11-21)8-17(20-22)18(23)12-2-3-12/h4-5,8-9,12,18,23H,2-3,6-7,10-11H2,1H3/t18-/m0/s1. The van der Waals surface area contributed by atoms with Crippen molar-refractivity contribution in [1.82, 2.24) is 14.7 Å². The summed E-state index contributed by atoms with van der Waals surface area (Å²) in [5.41, 5.74) is 2.54. The Morgan fingerprint density at radius 2 is 2.17 bits per heavy atom. The minimum atomic E-state index is -0.435. The summed E-state index contributed by atoms with van der Waals surface area (Å²) in [5, 5.41) is 14.8. The van der Waals surface area contributed by atoms with Crippen molar-refractivity contribution in [2.45, 2.75) is 38.6 Å². The number of hydrogen-bond acceptors (Lipinski definition) is 4. The monoisotopic (exact) mass is 331 g/mol. The maximum Gasteiger partial charge on any atom is 0.131 e. The molecule has 0 amide bonds. The van der Waals surface area contributed by atoms with Gasteiger partial charge in [-0.05, 0) is 30.9 Å². The van der Waals surface area contributed by atoms with Gasteiger partial charge < -0.3 is 9.84 Å². The predicted molar refractivity (Wildman–Crippen MR) is 87.0 cm³/mol. The van der Waals surface area contributed by atoms with Crippen LogP contribution in [0.2, 0.25) is 0 Å². The first-order valence-corrected chi connectivity index (χ1v) is 8.43. The fraction of sp³-hybridized carbons (Fsp3) is 0.500. The average molecular weight is 331 g/mol. The Morgan fingerprint density at radius 1 is 1.33 bits per heavy atom. The van der Waals surface area contributed by atoms with Crippen LogP contribution in [0.15, 0.2) is 24.3 Å². The first-order valence-electron chi connectivity index (χ1n) is 8.43. The first-order chi connectivity index (χ1) is 11.6. The summed E-state index contributed by atoms with van der Waals surface area (Å²) >= 11 is 0. The molecule has 128 valence electrons. The van der Waals surface area contributed by atoms with Crippen molar-refractivity contribution in [3.63, 3.8) is 0 Å². The van der Waals surface area contributed by atoms with Crippen molar-refractivity contribution < 1.29 is 14.2 Å². The number of aromatic nitrogens is 2. The number of ether oxygens (including phenoxy) is 1. The van der Waals surface area contributed by atoms with E-state index in [4.69, 9.17) is 4.74 Å². The van der Waals surface area contributed by atoms with Crippen LogP contribution in [-0.2, 0) is 19.6 Å². The summed E-state index contributed by atoms with van der Waals surface area (Å²) in [6, 6.07) is 6.99. The SMILES string of the molecule is COc1ccc(CN2CCn3nc([C@@H](O)C4CC4)cc3C2)c(F)c1. The molecule has 1 N–H and O–H groups in total. The van der Waals surface area contributed by atoms with Crippen LogP contribution >= 0.6 is 0 Å². The maximum atomic E-state index is 14.1. The molecule has 6 heteroatoms. The van der Waals surface area contributed by atoms with Crippen LogP contribution in [0.3, 0.4) is 0 Å². The second-order valence-electron chi connectivity index (χ2n) is 6.73. The third-order valence-corrected chi connectivity index (χ3v) is 4.92. The molecule has 0 unspecified atom stereocenters. The topological polar surface area (TPSA) is 50.5 Å². The van der Waals surface area contributed by atoms with E-state index in [1.54, 1.807) is 12.1 Å². The summed E-state index contributed by atoms with van der Waals surface area (Å²) in [7, 11) is 1.54. The molecule has 1 aromatic heterocycles. The van der Waals surface area contributed by atoms with E-state index in [0.29, 0.717) is 23.8 Å². The number of fused-ring (bicyclic) bond motifs is 1. The summed E-state index contributed by atoms with van der Waals surface area (Å²) in [6.07, 6.45) is 1.74. The summed E-state index contributed by atoms with van der Waals surface area (Å²) < 4.78 is 21.2. The number of benzene rings is 1. The molecule has 5 nitrogen and oxygen atoms in total. The second kappa shape index (κ2) is 6.18. The minimum Gasteiger partial charge on any atom is -0.497 e.